The van der Waals surface area contributed by atoms with Gasteiger partial charge in [0.05, 0.1) is 16.7 Å². The molecular formula is C24H26ClF3N6O5. The van der Waals surface area contributed by atoms with Crippen LogP contribution < -0.4 is 15.0 Å². The number of rotatable bonds is 8. The lowest BCUT2D eigenvalue weighted by Gasteiger charge is -2.31. The number of nitrogens with zero attached hydrogens (tertiary/aromatic N) is 5. The van der Waals surface area contributed by atoms with E-state index in [9.17, 15) is 18.0 Å². The van der Waals surface area contributed by atoms with Crippen molar-refractivity contribution in [1.29, 1.82) is 0 Å². The Balaban J connectivity index is 1.47. The lowest BCUT2D eigenvalue weighted by Crippen LogP contribution is -2.45. The number of cyclic esters (lactones) is 1. The molecule has 15 heteroatoms. The first-order valence-electron chi connectivity index (χ1n) is 11.8. The molecule has 0 spiro atoms. The van der Waals surface area contributed by atoms with Crippen LogP contribution in [-0.4, -0.2) is 56.9 Å². The average Bonchev–Trinajstić information content (AvgIpc) is 3.46. The van der Waals surface area contributed by atoms with E-state index in [-0.39, 0.29) is 35.4 Å². The van der Waals surface area contributed by atoms with Crippen molar-refractivity contribution in [3.05, 3.63) is 41.4 Å². The van der Waals surface area contributed by atoms with Crippen LogP contribution in [0.25, 0.3) is 11.4 Å². The van der Waals surface area contributed by atoms with Gasteiger partial charge in [0, 0.05) is 11.8 Å². The number of carbonyl (C=O) groups excluding carboxylic acids is 1. The second-order valence-electron chi connectivity index (χ2n) is 9.70. The number of hydrogen-bond donors (Lipinski definition) is 1. The molecule has 4 rings (SSSR count). The molecule has 1 fully saturated rings. The van der Waals surface area contributed by atoms with Crippen molar-refractivity contribution in [2.24, 2.45) is 0 Å². The first-order chi connectivity index (χ1) is 18.2. The number of alkyl halides is 3. The van der Waals surface area contributed by atoms with E-state index in [0.29, 0.717) is 11.4 Å². The Morgan fingerprint density at radius 3 is 2.59 bits per heavy atom. The van der Waals surface area contributed by atoms with E-state index in [1.165, 1.54) is 23.2 Å². The fourth-order valence-electron chi connectivity index (χ4n) is 3.87. The number of benzene rings is 1. The molecule has 11 nitrogen and oxygen atoms in total. The van der Waals surface area contributed by atoms with E-state index in [1.807, 2.05) is 27.7 Å². The zero-order valence-electron chi connectivity index (χ0n) is 21.6. The van der Waals surface area contributed by atoms with Crippen molar-refractivity contribution in [2.75, 3.05) is 16.8 Å². The number of amides is 1. The van der Waals surface area contributed by atoms with Gasteiger partial charge < -0.3 is 24.1 Å². The molecule has 1 saturated heterocycles. The fraction of sp³-hybridized carbons (Fsp3) is 0.458. The third-order valence-corrected chi connectivity index (χ3v) is 5.74. The van der Waals surface area contributed by atoms with Gasteiger partial charge in [-0.05, 0) is 58.9 Å². The van der Waals surface area contributed by atoms with E-state index in [1.54, 1.807) is 13.0 Å². The highest BCUT2D eigenvalue weighted by molar-refractivity contribution is 6.32. The molecule has 3 aromatic rings. The van der Waals surface area contributed by atoms with Crippen molar-refractivity contribution in [3.63, 3.8) is 0 Å². The molecule has 0 bridgehead atoms. The van der Waals surface area contributed by atoms with Crippen LogP contribution in [0.3, 0.4) is 0 Å². The minimum Gasteiger partial charge on any atom is -0.447 e. The highest BCUT2D eigenvalue weighted by Crippen LogP contribution is 2.33. The number of aromatic nitrogens is 4. The second-order valence-corrected chi connectivity index (χ2v) is 10.1. The summed E-state index contributed by atoms with van der Waals surface area (Å²) in [5, 5.41) is 6.63. The minimum atomic E-state index is -4.88. The predicted molar refractivity (Wildman–Crippen MR) is 133 cm³/mol. The number of carbonyl (C=O) groups is 1. The summed E-state index contributed by atoms with van der Waals surface area (Å²) >= 11 is 5.92. The van der Waals surface area contributed by atoms with Crippen molar-refractivity contribution >= 4 is 29.5 Å². The van der Waals surface area contributed by atoms with Crippen molar-refractivity contribution in [3.8, 4) is 17.1 Å². The van der Waals surface area contributed by atoms with Gasteiger partial charge in [-0.15, -0.1) is 13.2 Å². The Hall–Kier alpha value is -3.65. The molecule has 39 heavy (non-hydrogen) atoms. The normalized spacial score (nSPS) is 17.6. The Labute approximate surface area is 226 Å². The van der Waals surface area contributed by atoms with Gasteiger partial charge in [0.1, 0.15) is 30.3 Å². The van der Waals surface area contributed by atoms with Crippen LogP contribution in [0.5, 0.6) is 5.75 Å². The van der Waals surface area contributed by atoms with Gasteiger partial charge in [-0.3, -0.25) is 4.90 Å². The standard InChI is InChI=1S/C24H26ClF3N6O5/c1-12(20-32-19(33-39-20)14-6-7-17(15(25)10-14)38-24(26,27)28)30-21-29-9-8-18(31-21)34-16(11-36-22(34)35)13(2)37-23(3,4)5/h6-10,12-13,16H,11H2,1-5H3,(H,29,30,31)/t12?,13-,16-/m1/s1. The lowest BCUT2D eigenvalue weighted by molar-refractivity contribution is -0.274. The summed E-state index contributed by atoms with van der Waals surface area (Å²) in [5.41, 5.74) is -0.0994. The maximum atomic E-state index is 12.5. The van der Waals surface area contributed by atoms with Crippen LogP contribution in [0.1, 0.15) is 46.6 Å². The summed E-state index contributed by atoms with van der Waals surface area (Å²) < 4.78 is 57.9. The molecule has 3 atom stereocenters. The molecule has 1 aliphatic heterocycles. The van der Waals surface area contributed by atoms with E-state index < -0.39 is 35.9 Å². The molecule has 1 unspecified atom stereocenters. The summed E-state index contributed by atoms with van der Waals surface area (Å²) in [6.45, 7) is 9.51. The maximum absolute atomic E-state index is 12.5. The molecule has 0 radical (unpaired) electrons. The van der Waals surface area contributed by atoms with Crippen LogP contribution in [0.15, 0.2) is 35.0 Å². The molecule has 210 valence electrons. The number of halogens is 4. The third kappa shape index (κ3) is 7.06. The van der Waals surface area contributed by atoms with Crippen LogP contribution in [0, 0.1) is 0 Å². The molecule has 0 saturated carbocycles. The fourth-order valence-corrected chi connectivity index (χ4v) is 4.08. The summed E-state index contributed by atoms with van der Waals surface area (Å²) in [7, 11) is 0. The van der Waals surface area contributed by atoms with E-state index in [2.05, 4.69) is 30.2 Å². The molecule has 1 amide bonds. The molecule has 0 aliphatic carbocycles. The van der Waals surface area contributed by atoms with Crippen molar-refractivity contribution < 1.29 is 36.7 Å². The van der Waals surface area contributed by atoms with E-state index >= 15 is 0 Å². The first-order valence-corrected chi connectivity index (χ1v) is 12.2. The topological polar surface area (TPSA) is 125 Å². The van der Waals surface area contributed by atoms with Crippen molar-refractivity contribution in [2.45, 2.75) is 64.8 Å². The molecular weight excluding hydrogens is 545 g/mol. The third-order valence-electron chi connectivity index (χ3n) is 5.45. The Kier molecular flexibility index (Phi) is 7.89. The Bertz CT molecular complexity index is 1330. The minimum absolute atomic E-state index is 0.101. The van der Waals surface area contributed by atoms with Crippen LogP contribution in [0.2, 0.25) is 5.02 Å². The van der Waals surface area contributed by atoms with Gasteiger partial charge in [-0.2, -0.15) is 9.97 Å². The molecule has 1 N–H and O–H groups in total. The van der Waals surface area contributed by atoms with Gasteiger partial charge >= 0.3 is 12.5 Å². The maximum Gasteiger partial charge on any atom is 0.573 e. The van der Waals surface area contributed by atoms with Crippen LogP contribution in [-0.2, 0) is 9.47 Å². The van der Waals surface area contributed by atoms with Crippen molar-refractivity contribution in [1.82, 2.24) is 20.1 Å². The zero-order chi connectivity index (χ0) is 28.5. The highest BCUT2D eigenvalue weighted by atomic mass is 35.5. The van der Waals surface area contributed by atoms with Gasteiger partial charge in [0.15, 0.2) is 0 Å². The second kappa shape index (κ2) is 10.8. The first kappa shape index (κ1) is 28.4. The van der Waals surface area contributed by atoms with Gasteiger partial charge in [0.25, 0.3) is 0 Å². The smallest absolute Gasteiger partial charge is 0.447 e. The summed E-state index contributed by atoms with van der Waals surface area (Å²) in [6, 6.07) is 4.23. The van der Waals surface area contributed by atoms with Crippen LogP contribution >= 0.6 is 11.6 Å². The van der Waals surface area contributed by atoms with E-state index in [4.69, 9.17) is 25.6 Å². The summed E-state index contributed by atoms with van der Waals surface area (Å²) in [4.78, 5) is 26.9. The number of anilines is 2. The SMILES string of the molecule is CC(Nc1nccc(N2C(=O)OC[C@@H]2[C@@H](C)OC(C)(C)C)n1)c1nc(-c2ccc(OC(F)(F)F)c(Cl)c2)no1. The Morgan fingerprint density at radius 1 is 1.18 bits per heavy atom. The molecule has 2 aromatic heterocycles. The summed E-state index contributed by atoms with van der Waals surface area (Å²) in [6.07, 6.45) is -4.27. The van der Waals surface area contributed by atoms with Gasteiger partial charge in [0.2, 0.25) is 17.7 Å². The molecule has 3 heterocycles. The lowest BCUT2D eigenvalue weighted by atomic mass is 10.1. The predicted octanol–water partition coefficient (Wildman–Crippen LogP) is 5.78. The monoisotopic (exact) mass is 570 g/mol. The van der Waals surface area contributed by atoms with Gasteiger partial charge in [-0.1, -0.05) is 16.8 Å². The zero-order valence-corrected chi connectivity index (χ0v) is 22.4. The van der Waals surface area contributed by atoms with E-state index in [0.717, 1.165) is 6.07 Å². The quantitative estimate of drug-likeness (QED) is 0.356. The van der Waals surface area contributed by atoms with Crippen LogP contribution in [0.4, 0.5) is 29.7 Å². The summed E-state index contributed by atoms with van der Waals surface area (Å²) in [5.74, 6) is 0.200. The number of hydrogen-bond acceptors (Lipinski definition) is 10. The largest absolute Gasteiger partial charge is 0.573 e. The van der Waals surface area contributed by atoms with Gasteiger partial charge in [-0.25, -0.2) is 9.78 Å². The molecule has 1 aliphatic rings. The number of ether oxygens (including phenoxy) is 3. The highest BCUT2D eigenvalue weighted by Gasteiger charge is 2.40. The number of nitrogens with one attached hydrogen (secondary N) is 1. The Morgan fingerprint density at radius 2 is 1.92 bits per heavy atom. The average molecular weight is 571 g/mol. The molecule has 1 aromatic carbocycles.